The number of hydrogen-bond donors (Lipinski definition) is 2. The van der Waals surface area contributed by atoms with Gasteiger partial charge in [-0.15, -0.1) is 0 Å². The summed E-state index contributed by atoms with van der Waals surface area (Å²) in [6.45, 7) is 5.87. The van der Waals surface area contributed by atoms with Crippen LogP contribution in [-0.2, 0) is 17.9 Å². The van der Waals surface area contributed by atoms with E-state index in [0.717, 1.165) is 18.1 Å². The van der Waals surface area contributed by atoms with Gasteiger partial charge in [0.2, 0.25) is 5.91 Å². The van der Waals surface area contributed by atoms with Gasteiger partial charge < -0.3 is 15.2 Å². The zero-order valence-electron chi connectivity index (χ0n) is 11.9. The van der Waals surface area contributed by atoms with Crippen LogP contribution >= 0.6 is 0 Å². The number of nitrogens with one attached hydrogen (secondary N) is 2. The molecule has 0 unspecified atom stereocenters. The van der Waals surface area contributed by atoms with Crippen LogP contribution in [0.5, 0.6) is 0 Å². The predicted octanol–water partition coefficient (Wildman–Crippen LogP) is 1.94. The lowest BCUT2D eigenvalue weighted by Gasteiger charge is -2.09. The highest BCUT2D eigenvalue weighted by molar-refractivity contribution is 5.90. The van der Waals surface area contributed by atoms with Crippen LogP contribution in [-0.4, -0.2) is 22.0 Å². The first-order valence-electron chi connectivity index (χ1n) is 6.76. The molecule has 0 atom stereocenters. The van der Waals surface area contributed by atoms with E-state index in [0.29, 0.717) is 6.54 Å². The lowest BCUT2D eigenvalue weighted by atomic mass is 10.2. The molecule has 2 rings (SSSR count). The summed E-state index contributed by atoms with van der Waals surface area (Å²) in [7, 11) is 0. The fraction of sp³-hybridized carbons (Fsp3) is 0.333. The van der Waals surface area contributed by atoms with Crippen molar-refractivity contribution in [3.05, 3.63) is 48.0 Å². The van der Waals surface area contributed by atoms with Gasteiger partial charge in [0.05, 0.1) is 6.54 Å². The monoisotopic (exact) mass is 272 g/mol. The fourth-order valence-electron chi connectivity index (χ4n) is 1.88. The minimum absolute atomic E-state index is 0.0513. The van der Waals surface area contributed by atoms with Gasteiger partial charge in [-0.25, -0.2) is 4.98 Å². The highest BCUT2D eigenvalue weighted by atomic mass is 16.1. The van der Waals surface area contributed by atoms with Crippen molar-refractivity contribution in [1.29, 1.82) is 0 Å². The summed E-state index contributed by atoms with van der Waals surface area (Å²) in [6, 6.07) is 7.76. The lowest BCUT2D eigenvalue weighted by Crippen LogP contribution is -2.22. The van der Waals surface area contributed by atoms with E-state index in [1.807, 2.05) is 48.9 Å². The molecule has 106 valence electrons. The molecule has 5 nitrogen and oxygen atoms in total. The van der Waals surface area contributed by atoms with Crippen molar-refractivity contribution in [2.24, 2.45) is 0 Å². The molecule has 0 aliphatic carbocycles. The van der Waals surface area contributed by atoms with Crippen molar-refractivity contribution in [3.63, 3.8) is 0 Å². The van der Waals surface area contributed by atoms with Crippen LogP contribution < -0.4 is 10.6 Å². The van der Waals surface area contributed by atoms with E-state index < -0.39 is 0 Å². The summed E-state index contributed by atoms with van der Waals surface area (Å²) in [5.41, 5.74) is 1.99. The van der Waals surface area contributed by atoms with Crippen LogP contribution in [0.2, 0.25) is 0 Å². The van der Waals surface area contributed by atoms with Crippen molar-refractivity contribution >= 4 is 11.6 Å². The van der Waals surface area contributed by atoms with E-state index in [1.165, 1.54) is 5.56 Å². The van der Waals surface area contributed by atoms with E-state index in [1.54, 1.807) is 6.20 Å². The third kappa shape index (κ3) is 3.93. The van der Waals surface area contributed by atoms with Gasteiger partial charge in [0.15, 0.2) is 0 Å². The number of rotatable bonds is 6. The summed E-state index contributed by atoms with van der Waals surface area (Å²) in [4.78, 5) is 16.3. The van der Waals surface area contributed by atoms with Crippen molar-refractivity contribution in [3.8, 4) is 0 Å². The molecule has 0 saturated carbocycles. The summed E-state index contributed by atoms with van der Waals surface area (Å²) < 4.78 is 1.85. The average molecular weight is 272 g/mol. The van der Waals surface area contributed by atoms with Crippen molar-refractivity contribution in [1.82, 2.24) is 14.9 Å². The summed E-state index contributed by atoms with van der Waals surface area (Å²) >= 11 is 0. The molecule has 0 saturated heterocycles. The Morgan fingerprint density at radius 3 is 2.75 bits per heavy atom. The smallest absolute Gasteiger partial charge is 0.244 e. The number of nitrogens with zero attached hydrogens (tertiary/aromatic N) is 2. The highest BCUT2D eigenvalue weighted by Crippen LogP contribution is 2.09. The number of carbonyl (C=O) groups is 1. The molecule has 1 amide bonds. The van der Waals surface area contributed by atoms with Crippen LogP contribution in [0, 0.1) is 6.92 Å². The van der Waals surface area contributed by atoms with E-state index in [9.17, 15) is 4.79 Å². The highest BCUT2D eigenvalue weighted by Gasteiger charge is 2.07. The maximum Gasteiger partial charge on any atom is 0.244 e. The van der Waals surface area contributed by atoms with Gasteiger partial charge in [-0.1, -0.05) is 24.6 Å². The maximum atomic E-state index is 12.0. The normalized spacial score (nSPS) is 10.5. The van der Waals surface area contributed by atoms with Gasteiger partial charge >= 0.3 is 0 Å². The van der Waals surface area contributed by atoms with Gasteiger partial charge in [-0.3, -0.25) is 4.79 Å². The number of hydrogen-bond acceptors (Lipinski definition) is 3. The van der Waals surface area contributed by atoms with Crippen LogP contribution in [0.25, 0.3) is 0 Å². The topological polar surface area (TPSA) is 59.0 Å². The SMILES string of the molecule is CCNCc1nccn1CC(=O)Nc1ccc(C)cc1. The first kappa shape index (κ1) is 14.3. The third-order valence-electron chi connectivity index (χ3n) is 2.98. The van der Waals surface area contributed by atoms with Gasteiger partial charge in [-0.2, -0.15) is 0 Å². The molecule has 5 heteroatoms. The quantitative estimate of drug-likeness (QED) is 0.845. The largest absolute Gasteiger partial charge is 0.325 e. The summed E-state index contributed by atoms with van der Waals surface area (Å²) in [6.07, 6.45) is 3.53. The molecule has 0 fully saturated rings. The number of imidazole rings is 1. The molecule has 0 spiro atoms. The molecule has 0 aliphatic rings. The standard InChI is InChI=1S/C15H20N4O/c1-3-16-10-14-17-8-9-19(14)11-15(20)18-13-6-4-12(2)5-7-13/h4-9,16H,3,10-11H2,1-2H3,(H,18,20). The Kier molecular flexibility index (Phi) is 4.90. The van der Waals surface area contributed by atoms with Crippen molar-refractivity contribution in [2.75, 3.05) is 11.9 Å². The predicted molar refractivity (Wildman–Crippen MR) is 79.4 cm³/mol. The van der Waals surface area contributed by atoms with Gasteiger partial charge in [0, 0.05) is 18.1 Å². The Bertz CT molecular complexity index is 560. The van der Waals surface area contributed by atoms with Crippen molar-refractivity contribution < 1.29 is 4.79 Å². The minimum atomic E-state index is -0.0513. The number of anilines is 1. The van der Waals surface area contributed by atoms with E-state index in [4.69, 9.17) is 0 Å². The molecular weight excluding hydrogens is 252 g/mol. The lowest BCUT2D eigenvalue weighted by molar-refractivity contribution is -0.116. The Balaban J connectivity index is 1.94. The van der Waals surface area contributed by atoms with E-state index in [-0.39, 0.29) is 12.5 Å². The molecule has 2 N–H and O–H groups in total. The third-order valence-corrected chi connectivity index (χ3v) is 2.98. The zero-order chi connectivity index (χ0) is 14.4. The average Bonchev–Trinajstić information content (AvgIpc) is 2.86. The summed E-state index contributed by atoms with van der Waals surface area (Å²) in [5, 5.41) is 6.09. The zero-order valence-corrected chi connectivity index (χ0v) is 11.9. The van der Waals surface area contributed by atoms with Crippen LogP contribution in [0.3, 0.4) is 0 Å². The Morgan fingerprint density at radius 1 is 1.30 bits per heavy atom. The molecule has 0 bridgehead atoms. The number of aryl methyl sites for hydroxylation is 1. The number of benzene rings is 1. The first-order valence-corrected chi connectivity index (χ1v) is 6.76. The Hall–Kier alpha value is -2.14. The second-order valence-electron chi connectivity index (χ2n) is 4.67. The molecule has 0 aliphatic heterocycles. The second kappa shape index (κ2) is 6.86. The second-order valence-corrected chi connectivity index (χ2v) is 4.67. The summed E-state index contributed by atoms with van der Waals surface area (Å²) in [5.74, 6) is 0.815. The number of amides is 1. The Labute approximate surface area is 119 Å². The molecule has 1 aromatic heterocycles. The minimum Gasteiger partial charge on any atom is -0.325 e. The van der Waals surface area contributed by atoms with E-state index in [2.05, 4.69) is 15.6 Å². The first-order chi connectivity index (χ1) is 9.69. The van der Waals surface area contributed by atoms with Crippen LogP contribution in [0.1, 0.15) is 18.3 Å². The molecular formula is C15H20N4O. The Morgan fingerprint density at radius 2 is 2.05 bits per heavy atom. The molecule has 1 aromatic carbocycles. The van der Waals surface area contributed by atoms with Crippen molar-refractivity contribution in [2.45, 2.75) is 26.9 Å². The molecule has 2 aromatic rings. The molecule has 0 radical (unpaired) electrons. The number of carbonyl (C=O) groups excluding carboxylic acids is 1. The van der Waals surface area contributed by atoms with Gasteiger partial charge in [0.1, 0.15) is 12.4 Å². The van der Waals surface area contributed by atoms with Crippen LogP contribution in [0.15, 0.2) is 36.7 Å². The van der Waals surface area contributed by atoms with Gasteiger partial charge in [-0.05, 0) is 25.6 Å². The van der Waals surface area contributed by atoms with Crippen LogP contribution in [0.4, 0.5) is 5.69 Å². The fourth-order valence-corrected chi connectivity index (χ4v) is 1.88. The maximum absolute atomic E-state index is 12.0. The van der Waals surface area contributed by atoms with E-state index >= 15 is 0 Å². The van der Waals surface area contributed by atoms with Gasteiger partial charge in [0.25, 0.3) is 0 Å². The number of aromatic nitrogens is 2. The molecule has 20 heavy (non-hydrogen) atoms. The molecule has 1 heterocycles.